The smallest absolute Gasteiger partial charge is 0.452 e. The van der Waals surface area contributed by atoms with Gasteiger partial charge in [-0.05, 0) is 101 Å². The molecule has 0 bridgehead atoms. The Morgan fingerprint density at radius 2 is 1.79 bits per heavy atom. The number of aryl methyl sites for hydroxylation is 3. The third-order valence-electron chi connectivity index (χ3n) is 11.3. The van der Waals surface area contributed by atoms with Gasteiger partial charge in [0, 0.05) is 55.5 Å². The topological polar surface area (TPSA) is 162 Å². The minimum atomic E-state index is -4.76. The van der Waals surface area contributed by atoms with E-state index in [2.05, 4.69) is 25.1 Å². The minimum absolute atomic E-state index is 0.00933. The molecule has 0 aromatic carbocycles. The van der Waals surface area contributed by atoms with Crippen LogP contribution >= 0.6 is 0 Å². The maximum absolute atomic E-state index is 14.7. The van der Waals surface area contributed by atoms with Gasteiger partial charge in [-0.1, -0.05) is 0 Å². The lowest BCUT2D eigenvalue weighted by Crippen LogP contribution is -2.50. The normalized spacial score (nSPS) is 19.4. The van der Waals surface area contributed by atoms with E-state index in [-0.39, 0.29) is 29.5 Å². The van der Waals surface area contributed by atoms with Crippen LogP contribution in [0, 0.1) is 26.2 Å². The van der Waals surface area contributed by atoms with Gasteiger partial charge < -0.3 is 19.3 Å². The Hall–Kier alpha value is -4.39. The summed E-state index contributed by atoms with van der Waals surface area (Å²) in [6, 6.07) is 4.65. The van der Waals surface area contributed by atoms with Crippen molar-refractivity contribution in [2.45, 2.75) is 89.4 Å². The number of nitrogens with zero attached hydrogens (tertiary/aromatic N) is 7. The van der Waals surface area contributed by atoms with Gasteiger partial charge in [-0.25, -0.2) is 8.42 Å². The molecule has 1 spiro atoms. The molecule has 18 heteroatoms. The van der Waals surface area contributed by atoms with Gasteiger partial charge in [0.2, 0.25) is 27.6 Å². The quantitative estimate of drug-likeness (QED) is 0.220. The lowest BCUT2D eigenvalue weighted by molar-refractivity contribution is -0.147. The summed E-state index contributed by atoms with van der Waals surface area (Å²) in [6.45, 7) is 11.9. The number of pyridine rings is 3. The van der Waals surface area contributed by atoms with E-state index in [1.165, 1.54) is 36.5 Å². The van der Waals surface area contributed by atoms with Crippen molar-refractivity contribution in [2.24, 2.45) is 5.41 Å². The third kappa shape index (κ3) is 7.43. The molecule has 0 radical (unpaired) electrons. The summed E-state index contributed by atoms with van der Waals surface area (Å²) < 4.78 is 91.0. The minimum Gasteiger partial charge on any atom is -0.481 e. The van der Waals surface area contributed by atoms with Crippen LogP contribution in [-0.4, -0.2) is 105 Å². The molecular weight excluding hydrogens is 756 g/mol. The van der Waals surface area contributed by atoms with Gasteiger partial charge in [0.1, 0.15) is 17.1 Å². The standard InChI is InChI=1S/C38H46F3N7O7S/c1-23-18-29-33(43-32(23)54-17-14-46-11-6-7-12-46)55-37(9-15-53-16-10-37)22-47(56(29,51)52)21-26-19-28(42-20-24(26)2)30(36(4,5)35(49)50)27-8-13-48-31(25(27)3)44-45-34(48)38(39,40)41/h8,13,18-20,30H,6-7,9-12,14-17,21-22H2,1-5H3,(H,49,50). The number of ether oxygens (including phenoxy) is 3. The number of hydrogen-bond donors (Lipinski definition) is 1. The zero-order valence-electron chi connectivity index (χ0n) is 32.0. The number of carboxylic acids is 1. The number of likely N-dealkylation sites (tertiary alicyclic amines) is 1. The van der Waals surface area contributed by atoms with E-state index < -0.39 is 44.9 Å². The van der Waals surface area contributed by atoms with Crippen LogP contribution in [0.25, 0.3) is 5.65 Å². The molecule has 14 nitrogen and oxygen atoms in total. The Bertz CT molecular complexity index is 2250. The van der Waals surface area contributed by atoms with Crippen LogP contribution in [0.2, 0.25) is 0 Å². The molecule has 302 valence electrons. The summed E-state index contributed by atoms with van der Waals surface area (Å²) in [5.41, 5.74) is 0.172. The highest BCUT2D eigenvalue weighted by atomic mass is 32.2. The van der Waals surface area contributed by atoms with E-state index in [1.54, 1.807) is 33.0 Å². The first-order valence-electron chi connectivity index (χ1n) is 18.7. The first-order valence-corrected chi connectivity index (χ1v) is 20.1. The summed E-state index contributed by atoms with van der Waals surface area (Å²) >= 11 is 0. The van der Waals surface area contributed by atoms with Crippen LogP contribution < -0.4 is 9.47 Å². The number of aliphatic carboxylic acids is 1. The molecule has 4 aromatic rings. The molecule has 1 unspecified atom stereocenters. The van der Waals surface area contributed by atoms with Crippen molar-refractivity contribution < 1.29 is 45.7 Å². The SMILES string of the molecule is Cc1cnc(C(c2ccn3c(C(F)(F)F)nnc3c2C)C(C)(C)C(=O)O)cc1CN1CC2(CCOCC2)Oc2nc(OCCN3CCCC3)c(C)cc2S1(=O)=O. The summed E-state index contributed by atoms with van der Waals surface area (Å²) in [7, 11) is -4.23. The Labute approximate surface area is 323 Å². The van der Waals surface area contributed by atoms with Gasteiger partial charge in [0.25, 0.3) is 0 Å². The third-order valence-corrected chi connectivity index (χ3v) is 13.1. The molecule has 0 amide bonds. The molecule has 0 aliphatic carbocycles. The fourth-order valence-electron chi connectivity index (χ4n) is 7.91. The molecule has 7 heterocycles. The van der Waals surface area contributed by atoms with Crippen molar-refractivity contribution in [2.75, 3.05) is 46.0 Å². The Balaban J connectivity index is 1.27. The summed E-state index contributed by atoms with van der Waals surface area (Å²) in [5.74, 6) is -3.08. The molecule has 2 saturated heterocycles. The predicted molar refractivity (Wildman–Crippen MR) is 196 cm³/mol. The molecular formula is C38H46F3N7O7S. The maximum Gasteiger partial charge on any atom is 0.452 e. The second-order valence-corrected chi connectivity index (χ2v) is 17.5. The summed E-state index contributed by atoms with van der Waals surface area (Å²) in [6.07, 6.45) is 1.10. The van der Waals surface area contributed by atoms with E-state index in [0.717, 1.165) is 36.9 Å². The zero-order chi connectivity index (χ0) is 40.2. The average molecular weight is 802 g/mol. The van der Waals surface area contributed by atoms with Crippen LogP contribution in [0.1, 0.15) is 84.8 Å². The molecule has 4 aromatic heterocycles. The zero-order valence-corrected chi connectivity index (χ0v) is 32.8. The van der Waals surface area contributed by atoms with Crippen molar-refractivity contribution in [3.8, 4) is 11.8 Å². The van der Waals surface area contributed by atoms with E-state index in [0.29, 0.717) is 72.1 Å². The van der Waals surface area contributed by atoms with Gasteiger partial charge in [0.15, 0.2) is 5.65 Å². The van der Waals surface area contributed by atoms with Crippen LogP contribution in [0.4, 0.5) is 13.2 Å². The monoisotopic (exact) mass is 801 g/mol. The molecule has 3 aliphatic heterocycles. The first-order chi connectivity index (χ1) is 26.4. The van der Waals surface area contributed by atoms with Crippen molar-refractivity contribution in [1.29, 1.82) is 0 Å². The Morgan fingerprint density at radius 3 is 2.46 bits per heavy atom. The van der Waals surface area contributed by atoms with Gasteiger partial charge in [-0.2, -0.15) is 22.5 Å². The van der Waals surface area contributed by atoms with Crippen molar-refractivity contribution in [1.82, 2.24) is 33.8 Å². The maximum atomic E-state index is 14.7. The lowest BCUT2D eigenvalue weighted by atomic mass is 9.71. The number of carbonyl (C=O) groups is 1. The van der Waals surface area contributed by atoms with Gasteiger partial charge in [-0.15, -0.1) is 10.2 Å². The number of fused-ring (bicyclic) bond motifs is 2. The van der Waals surface area contributed by atoms with Crippen LogP contribution in [0.5, 0.6) is 11.8 Å². The number of halogens is 3. The second kappa shape index (κ2) is 14.8. The van der Waals surface area contributed by atoms with E-state index in [4.69, 9.17) is 14.2 Å². The van der Waals surface area contributed by atoms with Crippen LogP contribution in [-0.2, 0) is 32.3 Å². The van der Waals surface area contributed by atoms with Gasteiger partial charge in [0.05, 0.1) is 25.2 Å². The second-order valence-electron chi connectivity index (χ2n) is 15.6. The Kier molecular flexibility index (Phi) is 10.6. The van der Waals surface area contributed by atoms with Crippen molar-refractivity contribution in [3.63, 3.8) is 0 Å². The Morgan fingerprint density at radius 1 is 1.07 bits per heavy atom. The fourth-order valence-corrected chi connectivity index (χ4v) is 9.54. The van der Waals surface area contributed by atoms with Gasteiger partial charge in [-0.3, -0.25) is 19.1 Å². The van der Waals surface area contributed by atoms with E-state index in [1.807, 2.05) is 0 Å². The molecule has 1 atom stereocenters. The van der Waals surface area contributed by atoms with Crippen LogP contribution in [0.15, 0.2) is 35.5 Å². The highest BCUT2D eigenvalue weighted by Crippen LogP contribution is 2.44. The number of aromatic nitrogens is 5. The number of carboxylic acid groups (broad SMARTS) is 1. The number of hydrogen-bond acceptors (Lipinski definition) is 11. The predicted octanol–water partition coefficient (Wildman–Crippen LogP) is 5.31. The molecule has 1 N–H and O–H groups in total. The highest BCUT2D eigenvalue weighted by molar-refractivity contribution is 7.89. The molecule has 2 fully saturated rings. The molecule has 0 saturated carbocycles. The lowest BCUT2D eigenvalue weighted by Gasteiger charge is -2.38. The number of rotatable bonds is 10. The number of sulfonamides is 1. The molecule has 56 heavy (non-hydrogen) atoms. The van der Waals surface area contributed by atoms with Crippen LogP contribution in [0.3, 0.4) is 0 Å². The first kappa shape index (κ1) is 39.8. The molecule has 7 rings (SSSR count). The van der Waals surface area contributed by atoms with Crippen molar-refractivity contribution >= 4 is 21.6 Å². The highest BCUT2D eigenvalue weighted by Gasteiger charge is 2.47. The molecule has 3 aliphatic rings. The fraction of sp³-hybridized carbons (Fsp3) is 0.553. The van der Waals surface area contributed by atoms with Crippen molar-refractivity contribution in [3.05, 3.63) is 69.9 Å². The van der Waals surface area contributed by atoms with Gasteiger partial charge >= 0.3 is 12.1 Å². The summed E-state index contributed by atoms with van der Waals surface area (Å²) in [4.78, 5) is 24.4. The van der Waals surface area contributed by atoms with E-state index >= 15 is 0 Å². The largest absolute Gasteiger partial charge is 0.481 e. The summed E-state index contributed by atoms with van der Waals surface area (Å²) in [5, 5.41) is 17.6. The average Bonchev–Trinajstić information content (AvgIpc) is 3.81. The van der Waals surface area contributed by atoms with E-state index in [9.17, 15) is 31.5 Å². The number of alkyl halides is 3.